The number of hydrogen-bond acceptors (Lipinski definition) is 6. The Hall–Kier alpha value is -3.72. The zero-order valence-electron chi connectivity index (χ0n) is 20.5. The highest BCUT2D eigenvalue weighted by Gasteiger charge is 2.18. The molecule has 2 aromatic carbocycles. The highest BCUT2D eigenvalue weighted by Crippen LogP contribution is 2.38. The maximum Gasteiger partial charge on any atom is 0.258 e. The first-order chi connectivity index (χ1) is 16.9. The molecule has 0 unspecified atom stereocenters. The summed E-state index contributed by atoms with van der Waals surface area (Å²) < 4.78 is 18.0. The van der Waals surface area contributed by atoms with E-state index < -0.39 is 5.91 Å². The number of aliphatic imine (C=N–C) groups is 1. The van der Waals surface area contributed by atoms with Gasteiger partial charge in [-0.05, 0) is 43.7 Å². The van der Waals surface area contributed by atoms with Crippen molar-refractivity contribution in [3.63, 3.8) is 0 Å². The van der Waals surface area contributed by atoms with Crippen LogP contribution in [0.3, 0.4) is 0 Å². The lowest BCUT2D eigenvalue weighted by Crippen LogP contribution is -2.36. The van der Waals surface area contributed by atoms with Gasteiger partial charge in [0, 0.05) is 34.6 Å². The third kappa shape index (κ3) is 6.66. The fourth-order valence-electron chi connectivity index (χ4n) is 3.43. The molecule has 1 amide bonds. The van der Waals surface area contributed by atoms with Crippen molar-refractivity contribution in [1.29, 1.82) is 0 Å². The number of benzene rings is 2. The highest BCUT2D eigenvalue weighted by atomic mass is 35.5. The maximum absolute atomic E-state index is 13.2. The quantitative estimate of drug-likeness (QED) is 0.327. The average molecular weight is 500 g/mol. The first kappa shape index (κ1) is 25.9. The molecule has 3 rings (SSSR count). The number of anilines is 1. The van der Waals surface area contributed by atoms with Gasteiger partial charge in [-0.3, -0.25) is 14.8 Å². The minimum Gasteiger partial charge on any atom is -0.493 e. The lowest BCUT2D eigenvalue weighted by atomic mass is 10.1. The van der Waals surface area contributed by atoms with E-state index in [2.05, 4.69) is 27.6 Å². The largest absolute Gasteiger partial charge is 0.493 e. The molecule has 0 saturated heterocycles. The van der Waals surface area contributed by atoms with Crippen molar-refractivity contribution < 1.29 is 19.0 Å². The number of methoxy groups -OCH3 is 3. The number of carbonyl (C=O) groups is 1. The summed E-state index contributed by atoms with van der Waals surface area (Å²) >= 11 is 6.13. The van der Waals surface area contributed by atoms with Gasteiger partial charge in [0.15, 0.2) is 11.5 Å². The van der Waals surface area contributed by atoms with Crippen LogP contribution < -0.4 is 24.8 Å². The molecular weight excluding hydrogens is 470 g/mol. The second-order valence-electron chi connectivity index (χ2n) is 7.67. The normalized spacial score (nSPS) is 11.2. The number of amides is 1. The summed E-state index contributed by atoms with van der Waals surface area (Å²) in [6, 6.07) is 10.3. The number of nitrogens with zero attached hydrogens (tertiary/aromatic N) is 3. The molecule has 35 heavy (non-hydrogen) atoms. The molecule has 186 valence electrons. The predicted octanol–water partition coefficient (Wildman–Crippen LogP) is 4.68. The Morgan fingerprint density at radius 3 is 2.43 bits per heavy atom. The minimum absolute atomic E-state index is 0.258. The molecule has 0 spiro atoms. The third-order valence-corrected chi connectivity index (χ3v) is 5.39. The van der Waals surface area contributed by atoms with Gasteiger partial charge in [-0.2, -0.15) is 5.10 Å². The SMILES string of the molecule is CCCn1cc(CN=C(NC(=O)c2cc(OC)c(OC)c(OC)c2)Nc2cccc(Cl)c2)c(C)n1. The van der Waals surface area contributed by atoms with Gasteiger partial charge in [0.25, 0.3) is 5.91 Å². The van der Waals surface area contributed by atoms with Crippen LogP contribution in [0.2, 0.25) is 5.02 Å². The Labute approximate surface area is 210 Å². The van der Waals surface area contributed by atoms with E-state index in [-0.39, 0.29) is 5.96 Å². The van der Waals surface area contributed by atoms with Crippen molar-refractivity contribution in [3.05, 3.63) is 64.4 Å². The molecule has 0 fully saturated rings. The third-order valence-electron chi connectivity index (χ3n) is 5.15. The second kappa shape index (κ2) is 12.1. The second-order valence-corrected chi connectivity index (χ2v) is 8.11. The van der Waals surface area contributed by atoms with E-state index in [0.29, 0.717) is 40.1 Å². The number of nitrogens with one attached hydrogen (secondary N) is 2. The van der Waals surface area contributed by atoms with Gasteiger partial charge in [-0.1, -0.05) is 24.6 Å². The number of aryl methyl sites for hydroxylation is 2. The maximum atomic E-state index is 13.2. The number of guanidine groups is 1. The molecule has 9 nitrogen and oxygen atoms in total. The molecule has 0 atom stereocenters. The first-order valence-corrected chi connectivity index (χ1v) is 11.5. The zero-order chi connectivity index (χ0) is 25.4. The van der Waals surface area contributed by atoms with E-state index >= 15 is 0 Å². The molecular formula is C25H30ClN5O4. The summed E-state index contributed by atoms with van der Waals surface area (Å²) in [6.07, 6.45) is 2.95. The summed E-state index contributed by atoms with van der Waals surface area (Å²) in [5.74, 6) is 0.996. The monoisotopic (exact) mass is 499 g/mol. The van der Waals surface area contributed by atoms with Crippen molar-refractivity contribution in [3.8, 4) is 17.2 Å². The Balaban J connectivity index is 1.90. The van der Waals surface area contributed by atoms with Gasteiger partial charge in [0.2, 0.25) is 11.7 Å². The average Bonchev–Trinajstić information content (AvgIpc) is 3.20. The summed E-state index contributed by atoms with van der Waals surface area (Å²) in [5, 5.41) is 11.1. The number of halogens is 1. The van der Waals surface area contributed by atoms with Crippen LogP contribution in [-0.4, -0.2) is 43.0 Å². The standard InChI is InChI=1S/C25H30ClN5O4/c1-6-10-31-15-18(16(2)30-31)14-27-25(28-20-9-7-8-19(26)13-20)29-24(32)17-11-21(33-3)23(35-5)22(12-17)34-4/h7-9,11-13,15H,6,10,14H2,1-5H3,(H2,27,28,29,32). The van der Waals surface area contributed by atoms with E-state index in [0.717, 1.165) is 24.2 Å². The van der Waals surface area contributed by atoms with E-state index in [1.54, 1.807) is 24.3 Å². The van der Waals surface area contributed by atoms with Gasteiger partial charge >= 0.3 is 0 Å². The molecule has 10 heteroatoms. The zero-order valence-corrected chi connectivity index (χ0v) is 21.3. The van der Waals surface area contributed by atoms with E-state index in [1.165, 1.54) is 21.3 Å². The Bertz CT molecular complexity index is 1180. The molecule has 0 aliphatic carbocycles. The van der Waals surface area contributed by atoms with Gasteiger partial charge in [0.1, 0.15) is 0 Å². The fraction of sp³-hybridized carbons (Fsp3) is 0.320. The fourth-order valence-corrected chi connectivity index (χ4v) is 3.62. The van der Waals surface area contributed by atoms with Crippen LogP contribution in [-0.2, 0) is 13.1 Å². The van der Waals surface area contributed by atoms with E-state index in [4.69, 9.17) is 25.8 Å². The summed E-state index contributed by atoms with van der Waals surface area (Å²) in [6.45, 7) is 5.19. The molecule has 0 saturated carbocycles. The number of rotatable bonds is 9. The molecule has 2 N–H and O–H groups in total. The number of ether oxygens (including phenoxy) is 3. The van der Waals surface area contributed by atoms with Crippen LogP contribution >= 0.6 is 11.6 Å². The van der Waals surface area contributed by atoms with Crippen molar-refractivity contribution in [1.82, 2.24) is 15.1 Å². The number of hydrogen-bond donors (Lipinski definition) is 2. The highest BCUT2D eigenvalue weighted by molar-refractivity contribution is 6.31. The molecule has 0 radical (unpaired) electrons. The van der Waals surface area contributed by atoms with Gasteiger partial charge in [-0.25, -0.2) is 4.99 Å². The van der Waals surface area contributed by atoms with E-state index in [9.17, 15) is 4.79 Å². The molecule has 1 aromatic heterocycles. The number of carbonyl (C=O) groups excluding carboxylic acids is 1. The predicted molar refractivity (Wildman–Crippen MR) is 137 cm³/mol. The van der Waals surface area contributed by atoms with Crippen LogP contribution in [0.15, 0.2) is 47.6 Å². The van der Waals surface area contributed by atoms with Crippen LogP contribution in [0, 0.1) is 6.92 Å². The van der Waals surface area contributed by atoms with Crippen LogP contribution in [0.5, 0.6) is 17.2 Å². The summed E-state index contributed by atoms with van der Waals surface area (Å²) in [7, 11) is 4.49. The summed E-state index contributed by atoms with van der Waals surface area (Å²) in [5.41, 5.74) is 2.85. The topological polar surface area (TPSA) is 99.0 Å². The molecule has 0 aliphatic heterocycles. The van der Waals surface area contributed by atoms with Crippen molar-refractivity contribution in [2.24, 2.45) is 4.99 Å². The lowest BCUT2D eigenvalue weighted by molar-refractivity contribution is 0.0976. The first-order valence-electron chi connectivity index (χ1n) is 11.1. The van der Waals surface area contributed by atoms with Crippen LogP contribution in [0.25, 0.3) is 0 Å². The Kier molecular flexibility index (Phi) is 8.97. The van der Waals surface area contributed by atoms with Crippen LogP contribution in [0.1, 0.15) is 35.0 Å². The minimum atomic E-state index is -0.407. The van der Waals surface area contributed by atoms with E-state index in [1.807, 2.05) is 29.9 Å². The van der Waals surface area contributed by atoms with Crippen molar-refractivity contribution in [2.45, 2.75) is 33.4 Å². The smallest absolute Gasteiger partial charge is 0.258 e. The molecule has 3 aromatic rings. The Morgan fingerprint density at radius 2 is 1.83 bits per heavy atom. The van der Waals surface area contributed by atoms with Gasteiger partial charge in [-0.15, -0.1) is 0 Å². The number of aromatic nitrogens is 2. The summed E-state index contributed by atoms with van der Waals surface area (Å²) in [4.78, 5) is 17.8. The van der Waals surface area contributed by atoms with Gasteiger partial charge in [0.05, 0.1) is 33.6 Å². The van der Waals surface area contributed by atoms with Crippen molar-refractivity contribution >= 4 is 29.2 Å². The van der Waals surface area contributed by atoms with Gasteiger partial charge < -0.3 is 19.5 Å². The molecule has 1 heterocycles. The van der Waals surface area contributed by atoms with Crippen LogP contribution in [0.4, 0.5) is 5.69 Å². The molecule has 0 aliphatic rings. The molecule has 0 bridgehead atoms. The Morgan fingerprint density at radius 1 is 1.11 bits per heavy atom. The van der Waals surface area contributed by atoms with Crippen molar-refractivity contribution in [2.75, 3.05) is 26.6 Å². The lowest BCUT2D eigenvalue weighted by Gasteiger charge is -2.15.